The maximum atomic E-state index is 12.7. The molecule has 0 aliphatic heterocycles. The lowest BCUT2D eigenvalue weighted by molar-refractivity contribution is 0.0638. The van der Waals surface area contributed by atoms with E-state index in [0.717, 1.165) is 12.8 Å². The second-order valence-corrected chi connectivity index (χ2v) is 7.43. The van der Waals surface area contributed by atoms with E-state index >= 15 is 0 Å². The molecule has 0 spiro atoms. The first kappa shape index (κ1) is 15.3. The molecule has 5 nitrogen and oxygen atoms in total. The molecule has 0 amide bonds. The fraction of sp³-hybridized carbons (Fsp3) is 0.571. The van der Waals surface area contributed by atoms with Gasteiger partial charge in [0.05, 0.1) is 17.0 Å². The highest BCUT2D eigenvalue weighted by molar-refractivity contribution is 7.89. The molecule has 1 aliphatic carbocycles. The Balaban J connectivity index is 2.36. The minimum absolute atomic E-state index is 0.220. The molecule has 1 aliphatic rings. The third kappa shape index (κ3) is 2.82. The lowest BCUT2D eigenvalue weighted by atomic mass is 9.93. The highest BCUT2D eigenvalue weighted by Gasteiger charge is 2.34. The Labute approximate surface area is 120 Å². The van der Waals surface area contributed by atoms with Gasteiger partial charge in [-0.3, -0.25) is 0 Å². The van der Waals surface area contributed by atoms with Crippen LogP contribution in [0.25, 0.3) is 0 Å². The number of nitrogens with two attached hydrogens (primary N) is 1. The van der Waals surface area contributed by atoms with Crippen molar-refractivity contribution in [3.05, 3.63) is 23.8 Å². The Hall–Kier alpha value is -1.11. The minimum atomic E-state index is -3.63. The predicted octanol–water partition coefficient (Wildman–Crippen LogP) is 1.50. The van der Waals surface area contributed by atoms with E-state index in [0.29, 0.717) is 24.1 Å². The Bertz CT molecular complexity index is 586. The number of hydrogen-bond donors (Lipinski definition) is 2. The molecule has 0 heterocycles. The van der Waals surface area contributed by atoms with Crippen LogP contribution in [0.15, 0.2) is 23.1 Å². The van der Waals surface area contributed by atoms with E-state index in [1.54, 1.807) is 19.1 Å². The van der Waals surface area contributed by atoms with Crippen molar-refractivity contribution in [3.8, 4) is 0 Å². The first-order valence-electron chi connectivity index (χ1n) is 6.86. The van der Waals surface area contributed by atoms with Crippen LogP contribution in [0, 0.1) is 6.92 Å². The van der Waals surface area contributed by atoms with E-state index in [9.17, 15) is 13.5 Å². The van der Waals surface area contributed by atoms with Gasteiger partial charge in [0.2, 0.25) is 10.0 Å². The van der Waals surface area contributed by atoms with E-state index in [2.05, 4.69) is 0 Å². The third-order valence-electron chi connectivity index (χ3n) is 4.03. The summed E-state index contributed by atoms with van der Waals surface area (Å²) in [6.07, 6.45) is 2.64. The number of aliphatic hydroxyl groups is 1. The van der Waals surface area contributed by atoms with Gasteiger partial charge in [0.15, 0.2) is 0 Å². The molecule has 3 N–H and O–H groups in total. The van der Waals surface area contributed by atoms with E-state index in [4.69, 9.17) is 5.73 Å². The standard InChI is InChI=1S/C14H22N2O3S/c1-10-7-8-11(15)9-14(10)20(18,19)16(2)12-5-3-4-6-13(12)17/h7-9,12-13,17H,3-6,15H2,1-2H3. The number of likely N-dealkylation sites (N-methyl/N-ethyl adjacent to an activating group) is 1. The molecule has 1 aromatic rings. The monoisotopic (exact) mass is 298 g/mol. The van der Waals surface area contributed by atoms with Crippen LogP contribution in [0.5, 0.6) is 0 Å². The van der Waals surface area contributed by atoms with Gasteiger partial charge in [-0.25, -0.2) is 8.42 Å². The van der Waals surface area contributed by atoms with E-state index in [1.807, 2.05) is 0 Å². The number of anilines is 1. The summed E-state index contributed by atoms with van der Waals surface area (Å²) in [5, 5.41) is 10.0. The Morgan fingerprint density at radius 3 is 2.60 bits per heavy atom. The van der Waals surface area contributed by atoms with Crippen molar-refractivity contribution in [2.24, 2.45) is 0 Å². The molecule has 20 heavy (non-hydrogen) atoms. The Morgan fingerprint density at radius 1 is 1.30 bits per heavy atom. The molecule has 2 atom stereocenters. The van der Waals surface area contributed by atoms with Gasteiger partial charge in [-0.2, -0.15) is 4.31 Å². The van der Waals surface area contributed by atoms with Crippen molar-refractivity contribution >= 4 is 15.7 Å². The number of aliphatic hydroxyl groups excluding tert-OH is 1. The minimum Gasteiger partial charge on any atom is -0.399 e. The summed E-state index contributed by atoms with van der Waals surface area (Å²) < 4.78 is 26.7. The maximum Gasteiger partial charge on any atom is 0.243 e. The molecule has 0 saturated heterocycles. The van der Waals surface area contributed by atoms with Crippen LogP contribution >= 0.6 is 0 Å². The molecule has 1 aromatic carbocycles. The van der Waals surface area contributed by atoms with E-state index in [-0.39, 0.29) is 10.9 Å². The molecule has 0 aromatic heterocycles. The Morgan fingerprint density at radius 2 is 1.95 bits per heavy atom. The summed E-state index contributed by atoms with van der Waals surface area (Å²) in [5.74, 6) is 0. The van der Waals surface area contributed by atoms with Gasteiger partial charge >= 0.3 is 0 Å². The SMILES string of the molecule is Cc1ccc(N)cc1S(=O)(=O)N(C)C1CCCCC1O. The van der Waals surface area contributed by atoms with Crippen molar-refractivity contribution in [1.29, 1.82) is 0 Å². The highest BCUT2D eigenvalue weighted by atomic mass is 32.2. The average Bonchev–Trinajstić information content (AvgIpc) is 2.41. The molecule has 0 radical (unpaired) electrons. The molecule has 2 unspecified atom stereocenters. The lowest BCUT2D eigenvalue weighted by Crippen LogP contribution is -2.46. The normalized spacial score (nSPS) is 24.0. The molecular formula is C14H22N2O3S. The first-order valence-corrected chi connectivity index (χ1v) is 8.30. The smallest absolute Gasteiger partial charge is 0.243 e. The average molecular weight is 298 g/mol. The quantitative estimate of drug-likeness (QED) is 0.828. The van der Waals surface area contributed by atoms with E-state index in [1.165, 1.54) is 17.4 Å². The third-order valence-corrected chi connectivity index (χ3v) is 6.05. The fourth-order valence-corrected chi connectivity index (χ4v) is 4.42. The van der Waals surface area contributed by atoms with Crippen LogP contribution in [-0.4, -0.2) is 37.0 Å². The number of hydrogen-bond acceptors (Lipinski definition) is 4. The molecule has 1 saturated carbocycles. The number of nitrogen functional groups attached to an aromatic ring is 1. The van der Waals surface area contributed by atoms with Gasteiger partial charge in [-0.1, -0.05) is 18.9 Å². The van der Waals surface area contributed by atoms with Crippen molar-refractivity contribution < 1.29 is 13.5 Å². The molecular weight excluding hydrogens is 276 g/mol. The summed E-state index contributed by atoms with van der Waals surface area (Å²) in [7, 11) is -2.09. The van der Waals surface area contributed by atoms with Crippen LogP contribution in [0.3, 0.4) is 0 Å². The van der Waals surface area contributed by atoms with Gasteiger partial charge < -0.3 is 10.8 Å². The number of aryl methyl sites for hydroxylation is 1. The zero-order valence-electron chi connectivity index (χ0n) is 11.9. The molecule has 2 rings (SSSR count). The first-order chi connectivity index (χ1) is 9.34. The van der Waals surface area contributed by atoms with Gasteiger partial charge in [-0.15, -0.1) is 0 Å². The van der Waals surface area contributed by atoms with Crippen molar-refractivity contribution in [2.75, 3.05) is 12.8 Å². The van der Waals surface area contributed by atoms with Crippen LogP contribution < -0.4 is 5.73 Å². The summed E-state index contributed by atoms with van der Waals surface area (Å²) >= 11 is 0. The topological polar surface area (TPSA) is 83.6 Å². The highest BCUT2D eigenvalue weighted by Crippen LogP contribution is 2.28. The lowest BCUT2D eigenvalue weighted by Gasteiger charge is -2.34. The molecule has 6 heteroatoms. The molecule has 112 valence electrons. The molecule has 0 bridgehead atoms. The largest absolute Gasteiger partial charge is 0.399 e. The van der Waals surface area contributed by atoms with Crippen molar-refractivity contribution in [1.82, 2.24) is 4.31 Å². The number of rotatable bonds is 3. The van der Waals surface area contributed by atoms with Crippen molar-refractivity contribution in [2.45, 2.75) is 49.6 Å². The maximum absolute atomic E-state index is 12.7. The van der Waals surface area contributed by atoms with Gasteiger partial charge in [-0.05, 0) is 37.5 Å². The van der Waals surface area contributed by atoms with Gasteiger partial charge in [0.1, 0.15) is 0 Å². The summed E-state index contributed by atoms with van der Waals surface area (Å²) in [5.41, 5.74) is 6.78. The zero-order valence-corrected chi connectivity index (χ0v) is 12.7. The fourth-order valence-electron chi connectivity index (χ4n) is 2.74. The number of nitrogens with zero attached hydrogens (tertiary/aromatic N) is 1. The predicted molar refractivity (Wildman–Crippen MR) is 78.8 cm³/mol. The second kappa shape index (κ2) is 5.71. The van der Waals surface area contributed by atoms with Crippen LogP contribution in [-0.2, 0) is 10.0 Å². The number of benzene rings is 1. The van der Waals surface area contributed by atoms with Crippen molar-refractivity contribution in [3.63, 3.8) is 0 Å². The number of sulfonamides is 1. The Kier molecular flexibility index (Phi) is 4.36. The molecule has 1 fully saturated rings. The van der Waals surface area contributed by atoms with Gasteiger partial charge in [0.25, 0.3) is 0 Å². The van der Waals surface area contributed by atoms with Gasteiger partial charge in [0, 0.05) is 12.7 Å². The van der Waals surface area contributed by atoms with Crippen LogP contribution in [0.2, 0.25) is 0 Å². The summed E-state index contributed by atoms with van der Waals surface area (Å²) in [6.45, 7) is 1.75. The summed E-state index contributed by atoms with van der Waals surface area (Å²) in [6, 6.07) is 4.52. The second-order valence-electron chi connectivity index (χ2n) is 5.47. The summed E-state index contributed by atoms with van der Waals surface area (Å²) in [4.78, 5) is 0.220. The zero-order chi connectivity index (χ0) is 14.9. The van der Waals surface area contributed by atoms with Crippen LogP contribution in [0.1, 0.15) is 31.2 Å². The van der Waals surface area contributed by atoms with E-state index < -0.39 is 16.1 Å². The van der Waals surface area contributed by atoms with Crippen LogP contribution in [0.4, 0.5) is 5.69 Å².